The molecule has 194 valence electrons. The van der Waals surface area contributed by atoms with Crippen molar-refractivity contribution in [3.8, 4) is 16.9 Å². The summed E-state index contributed by atoms with van der Waals surface area (Å²) in [7, 11) is 1.47. The molecule has 0 saturated carbocycles. The van der Waals surface area contributed by atoms with Gasteiger partial charge in [-0.3, -0.25) is 9.78 Å². The third-order valence-electron chi connectivity index (χ3n) is 6.94. The Morgan fingerprint density at radius 3 is 2.84 bits per heavy atom. The van der Waals surface area contributed by atoms with Crippen molar-refractivity contribution in [2.75, 3.05) is 7.11 Å². The Morgan fingerprint density at radius 2 is 2.05 bits per heavy atom. The number of hydrogen-bond acceptors (Lipinski definition) is 7. The van der Waals surface area contributed by atoms with Gasteiger partial charge in [0.05, 0.1) is 35.2 Å². The number of pyridine rings is 1. The number of nitrogens with one attached hydrogen (secondary N) is 1. The van der Waals surface area contributed by atoms with Gasteiger partial charge in [0, 0.05) is 36.6 Å². The molecule has 6 rings (SSSR count). The zero-order chi connectivity index (χ0) is 26.4. The minimum Gasteiger partial charge on any atom is -0.378 e. The molecule has 0 radical (unpaired) electrons. The number of tetrazole rings is 1. The minimum atomic E-state index is -0.635. The van der Waals surface area contributed by atoms with Gasteiger partial charge < -0.3 is 14.6 Å². The Balaban J connectivity index is 1.31. The van der Waals surface area contributed by atoms with Gasteiger partial charge >= 0.3 is 0 Å². The highest BCUT2D eigenvalue weighted by molar-refractivity contribution is 6.31. The zero-order valence-electron chi connectivity index (χ0n) is 20.1. The van der Waals surface area contributed by atoms with Gasteiger partial charge in [-0.2, -0.15) is 4.68 Å². The second-order valence-electron chi connectivity index (χ2n) is 9.11. The highest BCUT2D eigenvalue weighted by Crippen LogP contribution is 2.44. The molecule has 0 spiro atoms. The Hall–Kier alpha value is -4.03. The molecule has 0 aliphatic carbocycles. The molecule has 2 atom stereocenters. The van der Waals surface area contributed by atoms with Crippen LogP contribution < -0.4 is 0 Å². The van der Waals surface area contributed by atoms with Gasteiger partial charge in [-0.1, -0.05) is 11.6 Å². The molecule has 4 aromatic rings. The molecule has 5 heterocycles. The summed E-state index contributed by atoms with van der Waals surface area (Å²) in [6.07, 6.45) is 7.60. The van der Waals surface area contributed by atoms with Crippen molar-refractivity contribution < 1.29 is 18.3 Å². The third-order valence-corrected chi connectivity index (χ3v) is 7.24. The van der Waals surface area contributed by atoms with Crippen LogP contribution in [-0.2, 0) is 16.1 Å². The summed E-state index contributed by atoms with van der Waals surface area (Å²) >= 11 is 6.10. The van der Waals surface area contributed by atoms with E-state index < -0.39 is 11.6 Å². The van der Waals surface area contributed by atoms with Crippen LogP contribution >= 0.6 is 11.6 Å². The summed E-state index contributed by atoms with van der Waals surface area (Å²) in [5.74, 6) is -0.834. The number of rotatable bonds is 6. The van der Waals surface area contributed by atoms with Crippen molar-refractivity contribution in [3.05, 3.63) is 76.7 Å². The summed E-state index contributed by atoms with van der Waals surface area (Å²) in [5.41, 5.74) is 2.10. The first kappa shape index (κ1) is 24.3. The fraction of sp³-hybridized carbons (Fsp3) is 0.280. The van der Waals surface area contributed by atoms with Crippen molar-refractivity contribution in [1.29, 1.82) is 0 Å². The van der Waals surface area contributed by atoms with Crippen LogP contribution in [0.5, 0.6) is 0 Å². The molecule has 2 aliphatic heterocycles. The molecular weight excluding hydrogens is 518 g/mol. The van der Waals surface area contributed by atoms with Crippen molar-refractivity contribution in [1.82, 2.24) is 40.1 Å². The van der Waals surface area contributed by atoms with Crippen LogP contribution in [-0.4, -0.2) is 59.1 Å². The summed E-state index contributed by atoms with van der Waals surface area (Å²) in [6, 6.07) is 4.11. The molecule has 3 aromatic heterocycles. The van der Waals surface area contributed by atoms with Crippen molar-refractivity contribution >= 4 is 23.1 Å². The van der Waals surface area contributed by atoms with Gasteiger partial charge in [0.2, 0.25) is 5.91 Å². The minimum absolute atomic E-state index is 0.0459. The summed E-state index contributed by atoms with van der Waals surface area (Å²) in [4.78, 5) is 26.9. The van der Waals surface area contributed by atoms with Crippen LogP contribution in [0.3, 0.4) is 0 Å². The highest BCUT2D eigenvalue weighted by Gasteiger charge is 2.42. The molecule has 38 heavy (non-hydrogen) atoms. The number of nitrogens with zero attached hydrogens (tertiary/aromatic N) is 7. The number of fused-ring (bicyclic) bond motifs is 1. The van der Waals surface area contributed by atoms with E-state index in [1.165, 1.54) is 36.5 Å². The van der Waals surface area contributed by atoms with Crippen LogP contribution in [0.2, 0.25) is 5.02 Å². The molecule has 13 heteroatoms. The summed E-state index contributed by atoms with van der Waals surface area (Å²) in [6.45, 7) is 0.0459. The van der Waals surface area contributed by atoms with E-state index in [0.717, 1.165) is 0 Å². The van der Waals surface area contributed by atoms with E-state index in [1.54, 1.807) is 23.2 Å². The SMILES string of the molecule is COCc1nccc(-c2cnc([C@@H]3CCC4CC(c5c(-n6cnnn6)ccc(Cl)c5F)=CC(=O)N43)[nH]2)c1F. The standard InChI is InChI=1S/C25H21ClF2N8O2/c1-38-11-18-23(27)15(6-7-29-18)17-10-30-25(32-17)20-4-2-14-8-13(9-21(37)36(14)20)22-19(35-12-31-33-34-35)5-3-16(26)24(22)28/h3,5-7,9-10,12,14,20H,2,4,8,11H2,1H3,(H,30,32)/t14?,20-/m0/s1. The highest BCUT2D eigenvalue weighted by atomic mass is 35.5. The number of aromatic nitrogens is 7. The van der Waals surface area contributed by atoms with Gasteiger partial charge in [-0.15, -0.1) is 5.10 Å². The van der Waals surface area contributed by atoms with Gasteiger partial charge in [-0.25, -0.2) is 13.8 Å². The maximum Gasteiger partial charge on any atom is 0.247 e. The van der Waals surface area contributed by atoms with Crippen molar-refractivity contribution in [2.24, 2.45) is 0 Å². The van der Waals surface area contributed by atoms with Gasteiger partial charge in [0.15, 0.2) is 11.6 Å². The van der Waals surface area contributed by atoms with Crippen LogP contribution in [0.15, 0.2) is 43.0 Å². The van der Waals surface area contributed by atoms with Crippen LogP contribution in [0.4, 0.5) is 8.78 Å². The third kappa shape index (κ3) is 4.05. The molecule has 1 aromatic carbocycles. The molecule has 10 nitrogen and oxygen atoms in total. The fourth-order valence-corrected chi connectivity index (χ4v) is 5.44. The van der Waals surface area contributed by atoms with Gasteiger partial charge in [0.25, 0.3) is 0 Å². The molecule has 2 aliphatic rings. The summed E-state index contributed by atoms with van der Waals surface area (Å²) < 4.78 is 36.6. The Labute approximate surface area is 220 Å². The Bertz CT molecular complexity index is 1550. The Kier molecular flexibility index (Phi) is 6.20. The lowest BCUT2D eigenvalue weighted by atomic mass is 9.92. The number of methoxy groups -OCH3 is 1. The average Bonchev–Trinajstić information content (AvgIpc) is 3.68. The van der Waals surface area contributed by atoms with Gasteiger partial charge in [-0.05, 0) is 53.5 Å². The largest absolute Gasteiger partial charge is 0.378 e. The normalized spacial score (nSPS) is 19.1. The fourth-order valence-electron chi connectivity index (χ4n) is 5.28. The van der Waals surface area contributed by atoms with E-state index in [9.17, 15) is 9.18 Å². The molecule has 1 amide bonds. The van der Waals surface area contributed by atoms with Crippen molar-refractivity contribution in [2.45, 2.75) is 38.0 Å². The maximum absolute atomic E-state index is 15.3. The molecular formula is C25H21ClF2N8O2. The lowest BCUT2D eigenvalue weighted by Crippen LogP contribution is -2.39. The lowest BCUT2D eigenvalue weighted by Gasteiger charge is -2.33. The van der Waals surface area contributed by atoms with Crippen molar-refractivity contribution in [3.63, 3.8) is 0 Å². The molecule has 1 saturated heterocycles. The number of imidazole rings is 1. The first-order chi connectivity index (χ1) is 18.5. The van der Waals surface area contributed by atoms with E-state index in [2.05, 4.69) is 30.5 Å². The second kappa shape index (κ2) is 9.69. The number of H-pyrrole nitrogens is 1. The lowest BCUT2D eigenvalue weighted by molar-refractivity contribution is -0.129. The van der Waals surface area contributed by atoms with E-state index in [1.807, 2.05) is 0 Å². The number of aromatic amines is 1. The molecule has 1 fully saturated rings. The van der Waals surface area contributed by atoms with E-state index in [0.29, 0.717) is 47.6 Å². The number of ether oxygens (including phenoxy) is 1. The van der Waals surface area contributed by atoms with E-state index >= 15 is 4.39 Å². The predicted molar refractivity (Wildman–Crippen MR) is 132 cm³/mol. The molecule has 1 N–H and O–H groups in total. The maximum atomic E-state index is 15.3. The molecule has 0 bridgehead atoms. The number of amides is 1. The van der Waals surface area contributed by atoms with Crippen LogP contribution in [0.25, 0.3) is 22.5 Å². The number of benzene rings is 1. The number of carbonyl (C=O) groups excluding carboxylic acids is 1. The predicted octanol–water partition coefficient (Wildman–Crippen LogP) is 4.04. The van der Waals surface area contributed by atoms with Crippen LogP contribution in [0, 0.1) is 11.6 Å². The smallest absolute Gasteiger partial charge is 0.247 e. The second-order valence-corrected chi connectivity index (χ2v) is 9.52. The monoisotopic (exact) mass is 538 g/mol. The molecule has 1 unspecified atom stereocenters. The number of halogens is 3. The van der Waals surface area contributed by atoms with Gasteiger partial charge in [0.1, 0.15) is 17.8 Å². The quantitative estimate of drug-likeness (QED) is 0.394. The van der Waals surface area contributed by atoms with Crippen LogP contribution in [0.1, 0.15) is 42.4 Å². The zero-order valence-corrected chi connectivity index (χ0v) is 20.9. The first-order valence-electron chi connectivity index (χ1n) is 11.9. The number of hydrogen-bond donors (Lipinski definition) is 1. The van der Waals surface area contributed by atoms with E-state index in [4.69, 9.17) is 16.3 Å². The topological polar surface area (TPSA) is 115 Å². The average molecular weight is 539 g/mol. The first-order valence-corrected chi connectivity index (χ1v) is 12.3. The number of carbonyl (C=O) groups is 1. The summed E-state index contributed by atoms with van der Waals surface area (Å²) in [5, 5.41) is 11.1. The Morgan fingerprint density at radius 1 is 1.18 bits per heavy atom. The van der Waals surface area contributed by atoms with E-state index in [-0.39, 0.29) is 40.9 Å².